The average Bonchev–Trinajstić information content (AvgIpc) is 2.72. The summed E-state index contributed by atoms with van der Waals surface area (Å²) < 4.78 is 25.8. The maximum atomic E-state index is 12.9. The summed E-state index contributed by atoms with van der Waals surface area (Å²) in [6, 6.07) is 0. The van der Waals surface area contributed by atoms with Crippen LogP contribution in [0.5, 0.6) is 0 Å². The fourth-order valence-electron chi connectivity index (χ4n) is 6.13. The number of aliphatic hydroxyl groups is 3. The molecule has 0 heterocycles. The van der Waals surface area contributed by atoms with Crippen LogP contribution < -0.4 is 0 Å². The molecule has 5 heteroatoms. The van der Waals surface area contributed by atoms with E-state index in [1.165, 1.54) is 38.5 Å². The molecule has 3 N–H and O–H groups in total. The summed E-state index contributed by atoms with van der Waals surface area (Å²) in [7, 11) is 0. The average molecular weight is 491 g/mol. The van der Waals surface area contributed by atoms with Crippen LogP contribution in [0.1, 0.15) is 120 Å². The van der Waals surface area contributed by atoms with Gasteiger partial charge >= 0.3 is 0 Å². The molecule has 0 bridgehead atoms. The van der Waals surface area contributed by atoms with Crippen LogP contribution in [0.4, 0.5) is 8.78 Å². The zero-order valence-electron chi connectivity index (χ0n) is 23.4. The van der Waals surface area contributed by atoms with Crippen LogP contribution in [0, 0.1) is 40.9 Å². The number of alkyl halides is 2. The van der Waals surface area contributed by atoms with E-state index < -0.39 is 12.0 Å². The third-order valence-electron chi connectivity index (χ3n) is 8.75. The van der Waals surface area contributed by atoms with E-state index in [-0.39, 0.29) is 48.7 Å². The highest BCUT2D eigenvalue weighted by molar-refractivity contribution is 4.89. The van der Waals surface area contributed by atoms with Crippen molar-refractivity contribution in [2.45, 2.75) is 144 Å². The van der Waals surface area contributed by atoms with Gasteiger partial charge in [0.2, 0.25) is 5.92 Å². The number of hydrogen-bond acceptors (Lipinski definition) is 3. The third-order valence-corrected chi connectivity index (χ3v) is 8.75. The summed E-state index contributed by atoms with van der Waals surface area (Å²) >= 11 is 0. The van der Waals surface area contributed by atoms with Gasteiger partial charge < -0.3 is 15.3 Å². The molecule has 3 fully saturated rings. The predicted octanol–water partition coefficient (Wildman–Crippen LogP) is 7.46. The Labute approximate surface area is 209 Å². The van der Waals surface area contributed by atoms with Crippen LogP contribution in [-0.4, -0.2) is 39.6 Å². The standard InChI is InChI=1S/C11H22O.C9H16F2O.C9H18O/c1-8(2)9-6-5-7-11(3,4)10(9)12;1-6(2)7-5-9(10,11)4-3-8(7)12;1-7(2)8-5-3-4-6-9(8)10/h8-10,12H,5-7H2,1-4H3;6-8,12H,3-5H2,1-2H3;7-10H,3-6H2,1-2H3. The van der Waals surface area contributed by atoms with Gasteiger partial charge in [-0.3, -0.25) is 0 Å². The number of hydrogen-bond donors (Lipinski definition) is 3. The maximum absolute atomic E-state index is 12.9. The first-order chi connectivity index (χ1) is 15.6. The lowest BCUT2D eigenvalue weighted by atomic mass is 9.66. The van der Waals surface area contributed by atoms with Gasteiger partial charge in [0.25, 0.3) is 0 Å². The second-order valence-electron chi connectivity index (χ2n) is 13.1. The predicted molar refractivity (Wildman–Crippen MR) is 138 cm³/mol. The molecule has 3 rings (SSSR count). The Morgan fingerprint density at radius 3 is 1.50 bits per heavy atom. The molecular weight excluding hydrogens is 434 g/mol. The van der Waals surface area contributed by atoms with Gasteiger partial charge in [0.1, 0.15) is 0 Å². The second kappa shape index (κ2) is 13.9. The van der Waals surface area contributed by atoms with Gasteiger partial charge in [-0.05, 0) is 73.0 Å². The molecule has 3 nitrogen and oxygen atoms in total. The second-order valence-corrected chi connectivity index (χ2v) is 13.1. The summed E-state index contributed by atoms with van der Waals surface area (Å²) in [6.45, 7) is 17.0. The molecule has 0 aromatic heterocycles. The molecule has 0 spiro atoms. The molecule has 6 unspecified atom stereocenters. The fraction of sp³-hybridized carbons (Fsp3) is 1.00. The highest BCUT2D eigenvalue weighted by Gasteiger charge is 2.42. The van der Waals surface area contributed by atoms with Crippen molar-refractivity contribution in [3.8, 4) is 0 Å². The van der Waals surface area contributed by atoms with E-state index in [0.717, 1.165) is 6.42 Å². The normalized spacial score (nSPS) is 35.3. The van der Waals surface area contributed by atoms with Gasteiger partial charge in [-0.1, -0.05) is 74.7 Å². The van der Waals surface area contributed by atoms with Crippen molar-refractivity contribution in [1.29, 1.82) is 0 Å². The van der Waals surface area contributed by atoms with E-state index in [1.807, 2.05) is 13.8 Å². The Hall–Kier alpha value is -0.260. The molecular formula is C29H56F2O3. The van der Waals surface area contributed by atoms with Crippen molar-refractivity contribution >= 4 is 0 Å². The van der Waals surface area contributed by atoms with E-state index in [2.05, 4.69) is 41.5 Å². The molecule has 0 radical (unpaired) electrons. The van der Waals surface area contributed by atoms with Crippen molar-refractivity contribution in [3.05, 3.63) is 0 Å². The van der Waals surface area contributed by atoms with Gasteiger partial charge in [-0.2, -0.15) is 0 Å². The number of aliphatic hydroxyl groups excluding tert-OH is 3. The zero-order chi connectivity index (χ0) is 26.3. The summed E-state index contributed by atoms with van der Waals surface area (Å²) in [5.74, 6) is -0.244. The lowest BCUT2D eigenvalue weighted by molar-refractivity contribution is -0.101. The van der Waals surface area contributed by atoms with Crippen molar-refractivity contribution in [1.82, 2.24) is 0 Å². The molecule has 3 saturated carbocycles. The molecule has 3 aliphatic rings. The Bertz CT molecular complexity index is 556. The summed E-state index contributed by atoms with van der Waals surface area (Å²) in [4.78, 5) is 0. The molecule has 6 atom stereocenters. The van der Waals surface area contributed by atoms with Crippen molar-refractivity contribution in [2.24, 2.45) is 40.9 Å². The third kappa shape index (κ3) is 10.0. The largest absolute Gasteiger partial charge is 0.393 e. The van der Waals surface area contributed by atoms with Crippen molar-refractivity contribution in [3.63, 3.8) is 0 Å². The minimum atomic E-state index is -2.55. The van der Waals surface area contributed by atoms with Crippen LogP contribution in [0.3, 0.4) is 0 Å². The molecule has 0 aromatic carbocycles. The molecule has 3 aliphatic carbocycles. The lowest BCUT2D eigenvalue weighted by Crippen LogP contribution is -2.41. The first-order valence-electron chi connectivity index (χ1n) is 14.0. The Morgan fingerprint density at radius 1 is 0.618 bits per heavy atom. The molecule has 204 valence electrons. The minimum absolute atomic E-state index is 0.00579. The fourth-order valence-corrected chi connectivity index (χ4v) is 6.13. The van der Waals surface area contributed by atoms with E-state index in [9.17, 15) is 24.1 Å². The van der Waals surface area contributed by atoms with Gasteiger partial charge in [-0.15, -0.1) is 0 Å². The van der Waals surface area contributed by atoms with Crippen molar-refractivity contribution < 1.29 is 24.1 Å². The number of rotatable bonds is 3. The maximum Gasteiger partial charge on any atom is 0.248 e. The van der Waals surface area contributed by atoms with Crippen LogP contribution in [0.2, 0.25) is 0 Å². The SMILES string of the molecule is CC(C)C1CC(F)(F)CCC1O.CC(C)C1CCCC(C)(C)C1O.CC(C)C1CCCCC1O. The lowest BCUT2D eigenvalue weighted by Gasteiger charge is -2.42. The zero-order valence-corrected chi connectivity index (χ0v) is 23.4. The monoisotopic (exact) mass is 490 g/mol. The highest BCUT2D eigenvalue weighted by atomic mass is 19.3. The quantitative estimate of drug-likeness (QED) is 0.385. The molecule has 0 saturated heterocycles. The summed E-state index contributed by atoms with van der Waals surface area (Å²) in [6.07, 6.45) is 7.81. The van der Waals surface area contributed by atoms with E-state index in [4.69, 9.17) is 0 Å². The topological polar surface area (TPSA) is 60.7 Å². The highest BCUT2D eigenvalue weighted by Crippen LogP contribution is 2.42. The van der Waals surface area contributed by atoms with E-state index in [1.54, 1.807) is 0 Å². The molecule has 34 heavy (non-hydrogen) atoms. The van der Waals surface area contributed by atoms with E-state index in [0.29, 0.717) is 23.7 Å². The Morgan fingerprint density at radius 2 is 1.09 bits per heavy atom. The van der Waals surface area contributed by atoms with Crippen LogP contribution in [0.25, 0.3) is 0 Å². The van der Waals surface area contributed by atoms with Gasteiger partial charge in [-0.25, -0.2) is 8.78 Å². The van der Waals surface area contributed by atoms with Gasteiger partial charge in [0, 0.05) is 12.8 Å². The van der Waals surface area contributed by atoms with Crippen LogP contribution in [0.15, 0.2) is 0 Å². The van der Waals surface area contributed by atoms with Gasteiger partial charge in [0.15, 0.2) is 0 Å². The van der Waals surface area contributed by atoms with E-state index >= 15 is 0 Å². The molecule has 0 aromatic rings. The summed E-state index contributed by atoms with van der Waals surface area (Å²) in [5, 5.41) is 29.0. The van der Waals surface area contributed by atoms with Gasteiger partial charge in [0.05, 0.1) is 18.3 Å². The first-order valence-corrected chi connectivity index (χ1v) is 14.0. The Balaban J connectivity index is 0.000000256. The van der Waals surface area contributed by atoms with Crippen molar-refractivity contribution in [2.75, 3.05) is 0 Å². The minimum Gasteiger partial charge on any atom is -0.393 e. The smallest absolute Gasteiger partial charge is 0.248 e. The Kier molecular flexibility index (Phi) is 13.0. The first kappa shape index (κ1) is 31.8. The summed E-state index contributed by atoms with van der Waals surface area (Å²) in [5.41, 5.74) is 0.146. The van der Waals surface area contributed by atoms with Crippen LogP contribution >= 0.6 is 0 Å². The molecule has 0 aliphatic heterocycles. The molecule has 0 amide bonds. The van der Waals surface area contributed by atoms with Crippen LogP contribution in [-0.2, 0) is 0 Å². The number of halogens is 2.